The molecule has 0 aliphatic rings. The van der Waals surface area contributed by atoms with Gasteiger partial charge in [0.2, 0.25) is 10.0 Å². The Labute approximate surface area is 102 Å². The number of nitrogens with two attached hydrogens (primary N) is 1. The van der Waals surface area contributed by atoms with Gasteiger partial charge in [0.05, 0.1) is 5.75 Å². The van der Waals surface area contributed by atoms with Gasteiger partial charge >= 0.3 is 0 Å². The summed E-state index contributed by atoms with van der Waals surface area (Å²) in [5.41, 5.74) is 6.20. The smallest absolute Gasteiger partial charge is 0.211 e. The van der Waals surface area contributed by atoms with E-state index < -0.39 is 10.0 Å². The first-order valence-corrected chi connectivity index (χ1v) is 7.14. The minimum absolute atomic E-state index is 0.144. The maximum Gasteiger partial charge on any atom is 0.211 e. The second kappa shape index (κ2) is 6.46. The van der Waals surface area contributed by atoms with Crippen LogP contribution in [0.25, 0.3) is 0 Å². The zero-order valence-electron chi connectivity index (χ0n) is 9.85. The first-order chi connectivity index (χ1) is 8.03. The number of rotatable bonds is 7. The average molecular weight is 258 g/mol. The van der Waals surface area contributed by atoms with Gasteiger partial charge in [0, 0.05) is 18.3 Å². The van der Waals surface area contributed by atoms with Crippen LogP contribution in [0.1, 0.15) is 13.3 Å². The molecule has 0 fully saturated rings. The predicted octanol–water partition coefficient (Wildman–Crippen LogP) is 0.977. The summed E-state index contributed by atoms with van der Waals surface area (Å²) in [7, 11) is -3.15. The quantitative estimate of drug-likeness (QED) is 0.564. The first-order valence-electron chi connectivity index (χ1n) is 5.49. The van der Waals surface area contributed by atoms with Crippen molar-refractivity contribution in [3.8, 4) is 5.75 Å². The minimum atomic E-state index is -3.15. The molecular weight excluding hydrogens is 240 g/mol. The van der Waals surface area contributed by atoms with E-state index in [0.717, 1.165) is 0 Å². The van der Waals surface area contributed by atoms with Gasteiger partial charge in [0.15, 0.2) is 0 Å². The highest BCUT2D eigenvalue weighted by Crippen LogP contribution is 2.13. The Balaban J connectivity index is 2.29. The van der Waals surface area contributed by atoms with Gasteiger partial charge in [-0.2, -0.15) is 0 Å². The highest BCUT2D eigenvalue weighted by atomic mass is 32.2. The van der Waals surface area contributed by atoms with Crippen LogP contribution < -0.4 is 15.2 Å². The highest BCUT2D eigenvalue weighted by Gasteiger charge is 2.06. The van der Waals surface area contributed by atoms with E-state index in [1.54, 1.807) is 24.3 Å². The van der Waals surface area contributed by atoms with Gasteiger partial charge in [0.1, 0.15) is 12.4 Å². The molecule has 0 saturated carbocycles. The van der Waals surface area contributed by atoms with Crippen molar-refractivity contribution in [1.29, 1.82) is 0 Å². The van der Waals surface area contributed by atoms with E-state index in [-0.39, 0.29) is 18.9 Å². The molecule has 0 amide bonds. The summed E-state index contributed by atoms with van der Waals surface area (Å²) in [5, 5.41) is 0. The minimum Gasteiger partial charge on any atom is -0.492 e. The largest absolute Gasteiger partial charge is 0.492 e. The Morgan fingerprint density at radius 2 is 2.18 bits per heavy atom. The summed E-state index contributed by atoms with van der Waals surface area (Å²) >= 11 is 0. The monoisotopic (exact) mass is 258 g/mol. The van der Waals surface area contributed by atoms with Crippen LogP contribution in [0, 0.1) is 0 Å². The molecule has 0 atom stereocenters. The summed E-state index contributed by atoms with van der Waals surface area (Å²) < 4.78 is 30.4. The summed E-state index contributed by atoms with van der Waals surface area (Å²) in [6, 6.07) is 7.01. The maximum atomic E-state index is 11.3. The molecule has 0 saturated heterocycles. The third kappa shape index (κ3) is 5.55. The van der Waals surface area contributed by atoms with Crippen molar-refractivity contribution in [3.05, 3.63) is 24.3 Å². The van der Waals surface area contributed by atoms with Gasteiger partial charge in [-0.3, -0.25) is 0 Å². The van der Waals surface area contributed by atoms with Crippen LogP contribution in [0.3, 0.4) is 0 Å². The normalized spacial score (nSPS) is 11.4. The molecule has 3 N–H and O–H groups in total. The van der Waals surface area contributed by atoms with Crippen molar-refractivity contribution in [2.24, 2.45) is 0 Å². The van der Waals surface area contributed by atoms with E-state index in [1.165, 1.54) is 0 Å². The number of hydrogen-bond acceptors (Lipinski definition) is 4. The number of anilines is 1. The molecule has 0 spiro atoms. The number of nitrogens with one attached hydrogen (secondary N) is 1. The summed E-state index contributed by atoms with van der Waals surface area (Å²) in [5.74, 6) is 0.783. The van der Waals surface area contributed by atoms with Gasteiger partial charge in [-0.1, -0.05) is 13.0 Å². The van der Waals surface area contributed by atoms with Crippen LogP contribution in [0.5, 0.6) is 5.75 Å². The topological polar surface area (TPSA) is 81.4 Å². The SMILES string of the molecule is CCCS(=O)(=O)NCCOc1cccc(N)c1. The van der Waals surface area contributed by atoms with Crippen LogP contribution in [0.4, 0.5) is 5.69 Å². The van der Waals surface area contributed by atoms with Gasteiger partial charge in [-0.05, 0) is 18.6 Å². The molecule has 0 aliphatic heterocycles. The molecule has 6 heteroatoms. The first kappa shape index (κ1) is 13.8. The molecule has 1 aromatic carbocycles. The predicted molar refractivity (Wildman–Crippen MR) is 68.4 cm³/mol. The third-order valence-corrected chi connectivity index (χ3v) is 3.61. The van der Waals surface area contributed by atoms with Crippen LogP contribution in [0.2, 0.25) is 0 Å². The molecular formula is C11H18N2O3S. The van der Waals surface area contributed by atoms with Gasteiger partial charge in [0.25, 0.3) is 0 Å². The molecule has 5 nitrogen and oxygen atoms in total. The maximum absolute atomic E-state index is 11.3. The Morgan fingerprint density at radius 3 is 2.82 bits per heavy atom. The highest BCUT2D eigenvalue weighted by molar-refractivity contribution is 7.89. The fraction of sp³-hybridized carbons (Fsp3) is 0.455. The van der Waals surface area contributed by atoms with E-state index >= 15 is 0 Å². The molecule has 0 aromatic heterocycles. The summed E-state index contributed by atoms with van der Waals surface area (Å²) in [6.07, 6.45) is 0.603. The van der Waals surface area contributed by atoms with Crippen molar-refractivity contribution < 1.29 is 13.2 Å². The second-order valence-corrected chi connectivity index (χ2v) is 5.56. The van der Waals surface area contributed by atoms with Gasteiger partial charge in [-0.25, -0.2) is 13.1 Å². The van der Waals surface area contributed by atoms with Crippen molar-refractivity contribution in [2.75, 3.05) is 24.6 Å². The van der Waals surface area contributed by atoms with Crippen molar-refractivity contribution in [3.63, 3.8) is 0 Å². The Bertz CT molecular complexity index is 446. The number of nitrogen functional groups attached to an aromatic ring is 1. The average Bonchev–Trinajstić information content (AvgIpc) is 2.24. The van der Waals surface area contributed by atoms with Gasteiger partial charge in [-0.15, -0.1) is 0 Å². The fourth-order valence-electron chi connectivity index (χ4n) is 1.31. The zero-order chi connectivity index (χ0) is 12.7. The van der Waals surface area contributed by atoms with Gasteiger partial charge < -0.3 is 10.5 Å². The summed E-state index contributed by atoms with van der Waals surface area (Å²) in [4.78, 5) is 0. The van der Waals surface area contributed by atoms with Crippen LogP contribution in [0.15, 0.2) is 24.3 Å². The Morgan fingerprint density at radius 1 is 1.41 bits per heavy atom. The fourth-order valence-corrected chi connectivity index (χ4v) is 2.39. The molecule has 0 bridgehead atoms. The summed E-state index contributed by atoms with van der Waals surface area (Å²) in [6.45, 7) is 2.37. The molecule has 0 unspecified atom stereocenters. The van der Waals surface area contributed by atoms with E-state index in [0.29, 0.717) is 17.9 Å². The molecule has 0 radical (unpaired) electrons. The standard InChI is InChI=1S/C11H18N2O3S/c1-2-8-17(14,15)13-6-7-16-11-5-3-4-10(12)9-11/h3-5,9,13H,2,6-8,12H2,1H3. The number of ether oxygens (including phenoxy) is 1. The number of benzene rings is 1. The molecule has 1 aromatic rings. The lowest BCUT2D eigenvalue weighted by atomic mass is 10.3. The van der Waals surface area contributed by atoms with Crippen molar-refractivity contribution in [1.82, 2.24) is 4.72 Å². The van der Waals surface area contributed by atoms with Crippen molar-refractivity contribution in [2.45, 2.75) is 13.3 Å². The van der Waals surface area contributed by atoms with E-state index in [9.17, 15) is 8.42 Å². The van der Waals surface area contributed by atoms with Crippen molar-refractivity contribution >= 4 is 15.7 Å². The lowest BCUT2D eigenvalue weighted by Gasteiger charge is -2.08. The number of sulfonamides is 1. The lowest BCUT2D eigenvalue weighted by Crippen LogP contribution is -2.30. The Kier molecular flexibility index (Phi) is 5.24. The van der Waals surface area contributed by atoms with E-state index in [1.807, 2.05) is 6.92 Å². The molecule has 0 aliphatic carbocycles. The number of hydrogen-bond donors (Lipinski definition) is 2. The van der Waals surface area contributed by atoms with Crippen LogP contribution in [-0.4, -0.2) is 27.3 Å². The molecule has 96 valence electrons. The van der Waals surface area contributed by atoms with Crippen LogP contribution in [-0.2, 0) is 10.0 Å². The van der Waals surface area contributed by atoms with Crippen LogP contribution >= 0.6 is 0 Å². The second-order valence-electron chi connectivity index (χ2n) is 3.63. The molecule has 17 heavy (non-hydrogen) atoms. The lowest BCUT2D eigenvalue weighted by molar-refractivity contribution is 0.323. The Hall–Kier alpha value is -1.27. The van der Waals surface area contributed by atoms with E-state index in [2.05, 4.69) is 4.72 Å². The molecule has 0 heterocycles. The molecule has 1 rings (SSSR count). The zero-order valence-corrected chi connectivity index (χ0v) is 10.7. The van der Waals surface area contributed by atoms with E-state index in [4.69, 9.17) is 10.5 Å². The third-order valence-electron chi connectivity index (χ3n) is 2.02.